The van der Waals surface area contributed by atoms with Gasteiger partial charge in [0, 0.05) is 72.1 Å². The van der Waals surface area contributed by atoms with E-state index in [0.717, 1.165) is 22.6 Å². The van der Waals surface area contributed by atoms with Crippen LogP contribution in [0.25, 0.3) is 5.82 Å². The molecule has 0 saturated carbocycles. The molecule has 1 aliphatic heterocycles. The number of carbonyl (C=O) groups excluding carboxylic acids is 1. The van der Waals surface area contributed by atoms with Crippen LogP contribution in [0.15, 0.2) is 55.0 Å². The molecule has 1 amide bonds. The molecule has 12 nitrogen and oxygen atoms in total. The molecule has 1 fully saturated rings. The van der Waals surface area contributed by atoms with E-state index in [2.05, 4.69) is 56.6 Å². The first-order chi connectivity index (χ1) is 21.3. The molecule has 0 atom stereocenters. The lowest BCUT2D eigenvalue weighted by atomic mass is 9.91. The van der Waals surface area contributed by atoms with Gasteiger partial charge in [-0.2, -0.15) is 9.78 Å². The van der Waals surface area contributed by atoms with Crippen molar-refractivity contribution in [3.63, 3.8) is 0 Å². The molecular weight excluding hydrogens is 590 g/mol. The number of aromatic nitrogens is 5. The zero-order valence-electron chi connectivity index (χ0n) is 26.6. The van der Waals surface area contributed by atoms with Crippen LogP contribution in [0.4, 0.5) is 23.0 Å². The Hall–Kier alpha value is -4.36. The molecule has 5 rings (SSSR count). The Bertz CT molecular complexity index is 1780. The fraction of sp³-hybridized carbons (Fsp3) is 0.406. The maximum Gasteiger partial charge on any atom is 0.255 e. The lowest BCUT2D eigenvalue weighted by molar-refractivity contribution is 0.102. The molecule has 3 N–H and O–H groups in total. The number of sulfone groups is 1. The van der Waals surface area contributed by atoms with E-state index in [4.69, 9.17) is 5.10 Å². The smallest absolute Gasteiger partial charge is 0.255 e. The normalized spacial score (nSPS) is 15.2. The first-order valence-electron chi connectivity index (χ1n) is 15.0. The molecule has 0 spiro atoms. The Morgan fingerprint density at radius 2 is 1.76 bits per heavy atom. The van der Waals surface area contributed by atoms with Crippen molar-refractivity contribution < 1.29 is 13.2 Å². The van der Waals surface area contributed by atoms with Gasteiger partial charge in [0.25, 0.3) is 5.91 Å². The van der Waals surface area contributed by atoms with Crippen molar-refractivity contribution in [2.75, 3.05) is 40.5 Å². The van der Waals surface area contributed by atoms with Gasteiger partial charge in [0.1, 0.15) is 18.0 Å². The summed E-state index contributed by atoms with van der Waals surface area (Å²) in [6.45, 7) is 13.7. The number of anilines is 4. The van der Waals surface area contributed by atoms with Crippen LogP contribution >= 0.6 is 0 Å². The van der Waals surface area contributed by atoms with Gasteiger partial charge in [-0.05, 0) is 50.6 Å². The number of hydrogen-bond donors (Lipinski definition) is 3. The number of nitrogens with one attached hydrogen (secondary N) is 3. The summed E-state index contributed by atoms with van der Waals surface area (Å²) < 4.78 is 25.6. The average Bonchev–Trinajstić information content (AvgIpc) is 3.37. The van der Waals surface area contributed by atoms with E-state index in [1.54, 1.807) is 23.0 Å². The zero-order chi connectivity index (χ0) is 32.4. The molecule has 1 saturated heterocycles. The highest BCUT2D eigenvalue weighted by atomic mass is 32.2. The molecule has 0 unspecified atom stereocenters. The molecule has 45 heavy (non-hydrogen) atoms. The Kier molecular flexibility index (Phi) is 9.21. The van der Waals surface area contributed by atoms with Crippen molar-refractivity contribution in [2.24, 2.45) is 0 Å². The van der Waals surface area contributed by atoms with Crippen LogP contribution in [0.2, 0.25) is 0 Å². The van der Waals surface area contributed by atoms with Gasteiger partial charge in [0.15, 0.2) is 15.7 Å². The standard InChI is InChI=1S/C32H41N9O3S/c1-21(2)36-28-18-29(35-20-34-28)41-30(17-25(39-41)19-40-11-13-45(43,44)14-12-40)38-26-15-23(8-7-22(26)3)31(42)37-24-9-10-33-27(16-24)32(4,5)6/h7-10,15-18,20-21,38H,11-14,19H2,1-6H3,(H,33,37,42)(H,34,35,36). The van der Waals surface area contributed by atoms with Crippen molar-refractivity contribution in [2.45, 2.75) is 59.5 Å². The summed E-state index contributed by atoms with van der Waals surface area (Å²) >= 11 is 0. The summed E-state index contributed by atoms with van der Waals surface area (Å²) in [7, 11) is -2.99. The third-order valence-electron chi connectivity index (χ3n) is 7.44. The van der Waals surface area contributed by atoms with Crippen LogP contribution in [0.5, 0.6) is 0 Å². The van der Waals surface area contributed by atoms with E-state index in [9.17, 15) is 13.2 Å². The molecule has 4 aromatic rings. The van der Waals surface area contributed by atoms with Crippen LogP contribution < -0.4 is 16.0 Å². The molecule has 0 radical (unpaired) electrons. The van der Waals surface area contributed by atoms with Crippen molar-refractivity contribution in [3.8, 4) is 5.82 Å². The van der Waals surface area contributed by atoms with E-state index < -0.39 is 9.84 Å². The Balaban J connectivity index is 1.43. The van der Waals surface area contributed by atoms with Gasteiger partial charge >= 0.3 is 0 Å². The molecule has 238 valence electrons. The fourth-order valence-corrected chi connectivity index (χ4v) is 6.18. The quantitative estimate of drug-likeness (QED) is 0.237. The second-order valence-electron chi connectivity index (χ2n) is 12.7. The minimum absolute atomic E-state index is 0.139. The van der Waals surface area contributed by atoms with Gasteiger partial charge in [-0.3, -0.25) is 14.7 Å². The van der Waals surface area contributed by atoms with Crippen LogP contribution in [0.1, 0.15) is 61.9 Å². The van der Waals surface area contributed by atoms with Gasteiger partial charge < -0.3 is 16.0 Å². The maximum absolute atomic E-state index is 13.3. The van der Waals surface area contributed by atoms with Crippen molar-refractivity contribution >= 4 is 38.8 Å². The van der Waals surface area contributed by atoms with Gasteiger partial charge in [-0.15, -0.1) is 0 Å². The minimum Gasteiger partial charge on any atom is -0.368 e. The van der Waals surface area contributed by atoms with Gasteiger partial charge in [-0.1, -0.05) is 26.8 Å². The van der Waals surface area contributed by atoms with Crippen LogP contribution in [-0.4, -0.2) is 74.6 Å². The molecule has 1 aliphatic rings. The summed E-state index contributed by atoms with van der Waals surface area (Å²) in [6, 6.07) is 13.1. The highest BCUT2D eigenvalue weighted by Crippen LogP contribution is 2.27. The van der Waals surface area contributed by atoms with Crippen LogP contribution in [-0.2, 0) is 21.8 Å². The topological polar surface area (TPSA) is 147 Å². The molecule has 4 heterocycles. The number of hydrogen-bond acceptors (Lipinski definition) is 10. The highest BCUT2D eigenvalue weighted by molar-refractivity contribution is 7.91. The van der Waals surface area contributed by atoms with E-state index >= 15 is 0 Å². The molecule has 0 bridgehead atoms. The summed E-state index contributed by atoms with van der Waals surface area (Å²) in [5.41, 5.74) is 4.34. The lowest BCUT2D eigenvalue weighted by Crippen LogP contribution is -2.39. The first-order valence-corrected chi connectivity index (χ1v) is 16.8. The van der Waals surface area contributed by atoms with Gasteiger partial charge in [-0.25, -0.2) is 18.4 Å². The number of pyridine rings is 1. The van der Waals surface area contributed by atoms with Gasteiger partial charge in [0.2, 0.25) is 0 Å². The summed E-state index contributed by atoms with van der Waals surface area (Å²) in [5.74, 6) is 1.91. The largest absolute Gasteiger partial charge is 0.368 e. The molecular formula is C32H41N9O3S. The molecule has 0 aliphatic carbocycles. The molecule has 1 aromatic carbocycles. The SMILES string of the molecule is Cc1ccc(C(=O)Nc2ccnc(C(C)(C)C)c2)cc1Nc1cc(CN2CCS(=O)(=O)CC2)nn1-c1cc(NC(C)C)ncn1. The van der Waals surface area contributed by atoms with E-state index in [1.165, 1.54) is 6.33 Å². The predicted molar refractivity (Wildman–Crippen MR) is 177 cm³/mol. The number of rotatable bonds is 9. The number of carbonyl (C=O) groups is 1. The molecule has 13 heteroatoms. The van der Waals surface area contributed by atoms with Crippen LogP contribution in [0, 0.1) is 6.92 Å². The third kappa shape index (κ3) is 8.22. The number of nitrogens with zero attached hydrogens (tertiary/aromatic N) is 6. The maximum atomic E-state index is 13.3. The second-order valence-corrected chi connectivity index (χ2v) is 15.0. The molecule has 3 aromatic heterocycles. The van der Waals surface area contributed by atoms with Crippen LogP contribution in [0.3, 0.4) is 0 Å². The second kappa shape index (κ2) is 12.9. The van der Waals surface area contributed by atoms with Crippen molar-refractivity contribution in [3.05, 3.63) is 77.5 Å². The highest BCUT2D eigenvalue weighted by Gasteiger charge is 2.23. The summed E-state index contributed by atoms with van der Waals surface area (Å²) in [6.07, 6.45) is 3.19. The fourth-order valence-electron chi connectivity index (χ4n) is 4.90. The van der Waals surface area contributed by atoms with Gasteiger partial charge in [0.05, 0.1) is 17.2 Å². The summed E-state index contributed by atoms with van der Waals surface area (Å²) in [5, 5.41) is 14.6. The predicted octanol–water partition coefficient (Wildman–Crippen LogP) is 4.71. The first kappa shape index (κ1) is 32.0. The Labute approximate surface area is 264 Å². The van der Waals surface area contributed by atoms with Crippen molar-refractivity contribution in [1.82, 2.24) is 29.6 Å². The number of benzene rings is 1. The van der Waals surface area contributed by atoms with E-state index in [0.29, 0.717) is 48.3 Å². The third-order valence-corrected chi connectivity index (χ3v) is 9.05. The lowest BCUT2D eigenvalue weighted by Gasteiger charge is -2.25. The monoisotopic (exact) mass is 631 g/mol. The minimum atomic E-state index is -2.99. The number of aryl methyl sites for hydroxylation is 1. The zero-order valence-corrected chi connectivity index (χ0v) is 27.4. The number of amides is 1. The summed E-state index contributed by atoms with van der Waals surface area (Å²) in [4.78, 5) is 28.7. The average molecular weight is 632 g/mol. The van der Waals surface area contributed by atoms with Crippen molar-refractivity contribution in [1.29, 1.82) is 0 Å². The Morgan fingerprint density at radius 1 is 1.00 bits per heavy atom. The van der Waals surface area contributed by atoms with E-state index in [1.807, 2.05) is 51.1 Å². The Morgan fingerprint density at radius 3 is 2.47 bits per heavy atom. The van der Waals surface area contributed by atoms with E-state index in [-0.39, 0.29) is 28.9 Å².